The van der Waals surface area contributed by atoms with Crippen molar-refractivity contribution >= 4 is 10.9 Å². The maximum Gasteiger partial charge on any atom is 0.0786 e. The summed E-state index contributed by atoms with van der Waals surface area (Å²) in [5, 5.41) is 13.8. The van der Waals surface area contributed by atoms with E-state index in [-0.39, 0.29) is 0 Å². The molecule has 0 saturated heterocycles. The fourth-order valence-corrected chi connectivity index (χ4v) is 1.91. The molecule has 1 heterocycles. The first-order chi connectivity index (χ1) is 8.31. The number of aliphatic hydroxyl groups is 1. The van der Waals surface area contributed by atoms with Crippen LogP contribution < -0.4 is 11.1 Å². The van der Waals surface area contributed by atoms with Crippen LogP contribution >= 0.6 is 0 Å². The number of nitrogens with one attached hydrogen (secondary N) is 2. The second-order valence-corrected chi connectivity index (χ2v) is 4.20. The number of nitrogens with two attached hydrogens (primary N) is 1. The predicted octanol–water partition coefficient (Wildman–Crippen LogP) is 0.620. The quantitative estimate of drug-likeness (QED) is 0.553. The molecule has 0 amide bonds. The average Bonchev–Trinajstić information content (AvgIpc) is 2.78. The van der Waals surface area contributed by atoms with Crippen molar-refractivity contribution in [3.05, 3.63) is 36.0 Å². The van der Waals surface area contributed by atoms with Crippen molar-refractivity contribution in [2.75, 3.05) is 19.6 Å². The third-order valence-corrected chi connectivity index (χ3v) is 2.90. The lowest BCUT2D eigenvalue weighted by Gasteiger charge is -2.08. The highest BCUT2D eigenvalue weighted by molar-refractivity contribution is 5.83. The van der Waals surface area contributed by atoms with Gasteiger partial charge in [0.2, 0.25) is 0 Å². The first-order valence-electron chi connectivity index (χ1n) is 5.95. The van der Waals surface area contributed by atoms with Crippen LogP contribution in [0.3, 0.4) is 0 Å². The van der Waals surface area contributed by atoms with Gasteiger partial charge in [-0.25, -0.2) is 0 Å². The summed E-state index contributed by atoms with van der Waals surface area (Å²) in [6.07, 6.45) is 2.55. The van der Waals surface area contributed by atoms with Gasteiger partial charge in [0.15, 0.2) is 0 Å². The molecule has 2 aromatic rings. The number of H-pyrrole nitrogens is 1. The SMILES string of the molecule is NCC(O)CNCCc1c[nH]c2ccccc12. The van der Waals surface area contributed by atoms with Crippen molar-refractivity contribution in [2.45, 2.75) is 12.5 Å². The molecule has 1 unspecified atom stereocenters. The molecular weight excluding hydrogens is 214 g/mol. The lowest BCUT2D eigenvalue weighted by molar-refractivity contribution is 0.180. The number of fused-ring (bicyclic) bond motifs is 1. The lowest BCUT2D eigenvalue weighted by atomic mass is 10.1. The topological polar surface area (TPSA) is 74.1 Å². The Balaban J connectivity index is 1.87. The Morgan fingerprint density at radius 2 is 2.18 bits per heavy atom. The molecule has 1 aromatic heterocycles. The van der Waals surface area contributed by atoms with Crippen LogP contribution in [0.4, 0.5) is 0 Å². The molecule has 0 spiro atoms. The number of aliphatic hydroxyl groups excluding tert-OH is 1. The van der Waals surface area contributed by atoms with Crippen molar-refractivity contribution in [3.63, 3.8) is 0 Å². The molecule has 0 saturated carbocycles. The summed E-state index contributed by atoms with van der Waals surface area (Å²) in [5.74, 6) is 0. The highest BCUT2D eigenvalue weighted by Gasteiger charge is 2.03. The molecule has 4 nitrogen and oxygen atoms in total. The van der Waals surface area contributed by atoms with Crippen LogP contribution in [0.2, 0.25) is 0 Å². The molecule has 0 radical (unpaired) electrons. The third kappa shape index (κ3) is 3.06. The van der Waals surface area contributed by atoms with Gasteiger partial charge in [0.25, 0.3) is 0 Å². The summed E-state index contributed by atoms with van der Waals surface area (Å²) >= 11 is 0. The maximum atomic E-state index is 9.29. The minimum Gasteiger partial charge on any atom is -0.390 e. The first-order valence-corrected chi connectivity index (χ1v) is 5.95. The monoisotopic (exact) mass is 233 g/mol. The van der Waals surface area contributed by atoms with Gasteiger partial charge < -0.3 is 21.1 Å². The van der Waals surface area contributed by atoms with Gasteiger partial charge in [-0.05, 0) is 24.6 Å². The zero-order valence-electron chi connectivity index (χ0n) is 9.82. The van der Waals surface area contributed by atoms with Crippen molar-refractivity contribution in [3.8, 4) is 0 Å². The number of hydrogen-bond donors (Lipinski definition) is 4. The molecule has 0 aliphatic carbocycles. The highest BCUT2D eigenvalue weighted by Crippen LogP contribution is 2.17. The smallest absolute Gasteiger partial charge is 0.0786 e. The summed E-state index contributed by atoms with van der Waals surface area (Å²) < 4.78 is 0. The van der Waals surface area contributed by atoms with Crippen molar-refractivity contribution in [1.29, 1.82) is 0 Å². The van der Waals surface area contributed by atoms with E-state index < -0.39 is 6.10 Å². The summed E-state index contributed by atoms with van der Waals surface area (Å²) in [5.41, 5.74) is 7.80. The second-order valence-electron chi connectivity index (χ2n) is 4.20. The number of aromatic nitrogens is 1. The van der Waals surface area contributed by atoms with Gasteiger partial charge in [-0.2, -0.15) is 0 Å². The Morgan fingerprint density at radius 1 is 1.35 bits per heavy atom. The maximum absolute atomic E-state index is 9.29. The molecule has 1 aromatic carbocycles. The fraction of sp³-hybridized carbons (Fsp3) is 0.385. The predicted molar refractivity (Wildman–Crippen MR) is 69.9 cm³/mol. The Hall–Kier alpha value is -1.36. The highest BCUT2D eigenvalue weighted by atomic mass is 16.3. The Bertz CT molecular complexity index is 466. The molecule has 1 atom stereocenters. The van der Waals surface area contributed by atoms with Gasteiger partial charge in [0.1, 0.15) is 0 Å². The Labute approximate surface area is 101 Å². The number of para-hydroxylation sites is 1. The summed E-state index contributed by atoms with van der Waals surface area (Å²) in [7, 11) is 0. The third-order valence-electron chi connectivity index (χ3n) is 2.90. The molecule has 0 aliphatic rings. The fourth-order valence-electron chi connectivity index (χ4n) is 1.91. The van der Waals surface area contributed by atoms with E-state index in [0.717, 1.165) is 13.0 Å². The standard InChI is InChI=1S/C13H19N3O/c14-7-11(17)9-15-6-5-10-8-16-13-4-2-1-3-12(10)13/h1-4,8,11,15-17H,5-7,9,14H2. The van der Waals surface area contributed by atoms with E-state index in [2.05, 4.69) is 22.4 Å². The van der Waals surface area contributed by atoms with Crippen molar-refractivity contribution in [1.82, 2.24) is 10.3 Å². The van der Waals surface area contributed by atoms with E-state index in [4.69, 9.17) is 5.73 Å². The lowest BCUT2D eigenvalue weighted by Crippen LogP contribution is -2.33. The summed E-state index contributed by atoms with van der Waals surface area (Å²) in [6, 6.07) is 8.27. The summed E-state index contributed by atoms with van der Waals surface area (Å²) in [6.45, 7) is 1.71. The number of aromatic amines is 1. The zero-order valence-corrected chi connectivity index (χ0v) is 9.82. The van der Waals surface area contributed by atoms with Gasteiger partial charge in [-0.3, -0.25) is 0 Å². The molecule has 0 fully saturated rings. The molecule has 0 bridgehead atoms. The van der Waals surface area contributed by atoms with Crippen LogP contribution in [0.15, 0.2) is 30.5 Å². The largest absolute Gasteiger partial charge is 0.390 e. The molecule has 92 valence electrons. The van der Waals surface area contributed by atoms with E-state index in [9.17, 15) is 5.11 Å². The van der Waals surface area contributed by atoms with Crippen molar-refractivity contribution < 1.29 is 5.11 Å². The number of benzene rings is 1. The van der Waals surface area contributed by atoms with Crippen LogP contribution in [-0.2, 0) is 6.42 Å². The zero-order chi connectivity index (χ0) is 12.1. The Morgan fingerprint density at radius 3 is 3.00 bits per heavy atom. The molecule has 4 heteroatoms. The van der Waals surface area contributed by atoms with Crippen LogP contribution in [0, 0.1) is 0 Å². The van der Waals surface area contributed by atoms with Gasteiger partial charge in [0, 0.05) is 30.2 Å². The van der Waals surface area contributed by atoms with Gasteiger partial charge in [0.05, 0.1) is 6.10 Å². The van der Waals surface area contributed by atoms with E-state index >= 15 is 0 Å². The van der Waals surface area contributed by atoms with E-state index in [1.165, 1.54) is 16.5 Å². The van der Waals surface area contributed by atoms with Gasteiger partial charge in [-0.15, -0.1) is 0 Å². The van der Waals surface area contributed by atoms with Crippen LogP contribution in [0.5, 0.6) is 0 Å². The van der Waals surface area contributed by atoms with Crippen LogP contribution in [0.1, 0.15) is 5.56 Å². The Kier molecular flexibility index (Phi) is 4.14. The second kappa shape index (κ2) is 5.82. The first kappa shape index (κ1) is 12.1. The van der Waals surface area contributed by atoms with E-state index in [1.54, 1.807) is 0 Å². The summed E-state index contributed by atoms with van der Waals surface area (Å²) in [4.78, 5) is 3.25. The average molecular weight is 233 g/mol. The minimum absolute atomic E-state index is 0.306. The number of hydrogen-bond acceptors (Lipinski definition) is 3. The van der Waals surface area contributed by atoms with Gasteiger partial charge in [-0.1, -0.05) is 18.2 Å². The molecular formula is C13H19N3O. The van der Waals surface area contributed by atoms with E-state index in [1.807, 2.05) is 18.3 Å². The van der Waals surface area contributed by atoms with Crippen LogP contribution in [-0.4, -0.2) is 35.8 Å². The molecule has 17 heavy (non-hydrogen) atoms. The van der Waals surface area contributed by atoms with Crippen molar-refractivity contribution in [2.24, 2.45) is 5.73 Å². The molecule has 2 rings (SSSR count). The van der Waals surface area contributed by atoms with Crippen LogP contribution in [0.25, 0.3) is 10.9 Å². The van der Waals surface area contributed by atoms with E-state index in [0.29, 0.717) is 13.1 Å². The molecule has 5 N–H and O–H groups in total. The minimum atomic E-state index is -0.446. The molecule has 0 aliphatic heterocycles. The van der Waals surface area contributed by atoms with Gasteiger partial charge >= 0.3 is 0 Å². The normalized spacial score (nSPS) is 13.1. The number of rotatable bonds is 6.